The third-order valence-electron chi connectivity index (χ3n) is 5.42. The minimum Gasteiger partial charge on any atom is -0.486 e. The van der Waals surface area contributed by atoms with Crippen LogP contribution in [-0.4, -0.2) is 49.2 Å². The van der Waals surface area contributed by atoms with Gasteiger partial charge in [0.2, 0.25) is 5.88 Å². The molecule has 190 valence electrons. The van der Waals surface area contributed by atoms with Crippen LogP contribution in [0.1, 0.15) is 18.4 Å². The highest BCUT2D eigenvalue weighted by atomic mass is 32.2. The van der Waals surface area contributed by atoms with E-state index in [0.29, 0.717) is 11.6 Å². The number of rotatable bonds is 7. The van der Waals surface area contributed by atoms with Gasteiger partial charge in [-0.25, -0.2) is 13.4 Å². The maximum atomic E-state index is 13.6. The maximum Gasteiger partial charge on any atom is 0.416 e. The highest BCUT2D eigenvalue weighted by molar-refractivity contribution is 7.92. The van der Waals surface area contributed by atoms with E-state index in [1.165, 1.54) is 31.5 Å². The number of carboxylic acids is 1. The highest BCUT2D eigenvalue weighted by Gasteiger charge is 2.37. The summed E-state index contributed by atoms with van der Waals surface area (Å²) in [5, 5.41) is 9.04. The Labute approximate surface area is 204 Å². The van der Waals surface area contributed by atoms with Gasteiger partial charge in [-0.1, -0.05) is 6.07 Å². The predicted octanol–water partition coefficient (Wildman–Crippen LogP) is 3.99. The number of sulfonamides is 1. The van der Waals surface area contributed by atoms with Crippen molar-refractivity contribution < 1.29 is 41.0 Å². The number of halogens is 3. The zero-order valence-corrected chi connectivity index (χ0v) is 19.6. The third-order valence-corrected chi connectivity index (χ3v) is 7.19. The van der Waals surface area contributed by atoms with Crippen LogP contribution in [0.15, 0.2) is 59.6 Å². The monoisotopic (exact) mass is 523 g/mol. The molecule has 0 unspecified atom stereocenters. The first-order valence-corrected chi connectivity index (χ1v) is 12.0. The van der Waals surface area contributed by atoms with Crippen LogP contribution in [0.4, 0.5) is 18.9 Å². The predicted molar refractivity (Wildman–Crippen MR) is 121 cm³/mol. The van der Waals surface area contributed by atoms with Crippen molar-refractivity contribution in [3.8, 4) is 23.0 Å². The van der Waals surface area contributed by atoms with Gasteiger partial charge in [0.1, 0.15) is 11.9 Å². The summed E-state index contributed by atoms with van der Waals surface area (Å²) < 4.78 is 78.9. The van der Waals surface area contributed by atoms with Crippen LogP contribution in [0.5, 0.6) is 11.6 Å². The smallest absolute Gasteiger partial charge is 0.416 e. The lowest BCUT2D eigenvalue weighted by molar-refractivity contribution is -0.138. The Balaban J connectivity index is 1.81. The fourth-order valence-corrected chi connectivity index (χ4v) is 5.21. The number of benzene rings is 2. The summed E-state index contributed by atoms with van der Waals surface area (Å²) in [5.41, 5.74) is -0.648. The molecule has 2 aromatic carbocycles. The summed E-state index contributed by atoms with van der Waals surface area (Å²) in [7, 11) is -3.08. The number of nitrogens with zero attached hydrogens (tertiary/aromatic N) is 3. The van der Waals surface area contributed by atoms with Gasteiger partial charge in [0.05, 0.1) is 29.8 Å². The van der Waals surface area contributed by atoms with E-state index in [2.05, 4.69) is 9.97 Å². The number of ether oxygens (including phenoxy) is 2. The zero-order chi connectivity index (χ0) is 26.1. The van der Waals surface area contributed by atoms with Crippen molar-refractivity contribution in [1.82, 2.24) is 9.97 Å². The summed E-state index contributed by atoms with van der Waals surface area (Å²) in [4.78, 5) is 18.9. The van der Waals surface area contributed by atoms with Gasteiger partial charge in [-0.3, -0.25) is 9.10 Å². The standard InChI is InChI=1S/C23H20F3N3O6S/c1-34-20-9-10-27-22(28-20)14-5-7-19-18(11-14)29(13-16(35-19)6-8-21(30)31)36(32,33)17-4-2-3-15(12-17)23(24,25)26/h2-5,7,9-12,16H,6,8,13H2,1H3,(H,30,31)/t16-/m0/s1. The van der Waals surface area contributed by atoms with Crippen molar-refractivity contribution in [2.24, 2.45) is 0 Å². The fraction of sp³-hybridized carbons (Fsp3) is 0.261. The van der Waals surface area contributed by atoms with E-state index in [1.54, 1.807) is 6.07 Å². The maximum absolute atomic E-state index is 13.6. The number of aliphatic carboxylic acids is 1. The molecule has 1 atom stereocenters. The molecular weight excluding hydrogens is 503 g/mol. The second-order valence-corrected chi connectivity index (χ2v) is 9.70. The van der Waals surface area contributed by atoms with Crippen LogP contribution >= 0.6 is 0 Å². The lowest BCUT2D eigenvalue weighted by Gasteiger charge is -2.35. The average molecular weight is 523 g/mol. The summed E-state index contributed by atoms with van der Waals surface area (Å²) in [5.74, 6) is -0.473. The molecule has 2 heterocycles. The molecule has 1 aliphatic heterocycles. The molecule has 0 amide bonds. The number of carbonyl (C=O) groups is 1. The average Bonchev–Trinajstić information content (AvgIpc) is 2.86. The number of aromatic nitrogens is 2. The van der Waals surface area contributed by atoms with Crippen LogP contribution in [0, 0.1) is 0 Å². The lowest BCUT2D eigenvalue weighted by Crippen LogP contribution is -2.43. The largest absolute Gasteiger partial charge is 0.486 e. The van der Waals surface area contributed by atoms with E-state index in [1.807, 2.05) is 0 Å². The molecule has 1 aromatic heterocycles. The molecule has 0 saturated heterocycles. The van der Waals surface area contributed by atoms with E-state index in [9.17, 15) is 26.4 Å². The van der Waals surface area contributed by atoms with E-state index in [-0.39, 0.29) is 42.5 Å². The van der Waals surface area contributed by atoms with E-state index in [4.69, 9.17) is 14.6 Å². The van der Waals surface area contributed by atoms with Gasteiger partial charge in [0, 0.05) is 24.2 Å². The Morgan fingerprint density at radius 2 is 2.00 bits per heavy atom. The first-order chi connectivity index (χ1) is 17.0. The molecule has 0 aliphatic carbocycles. The van der Waals surface area contributed by atoms with E-state index < -0.39 is 38.7 Å². The number of anilines is 1. The summed E-state index contributed by atoms with van der Waals surface area (Å²) in [6, 6.07) is 9.47. The highest BCUT2D eigenvalue weighted by Crippen LogP contribution is 2.41. The Hall–Kier alpha value is -3.87. The van der Waals surface area contributed by atoms with Crippen molar-refractivity contribution >= 4 is 21.7 Å². The van der Waals surface area contributed by atoms with Crippen LogP contribution in [0.3, 0.4) is 0 Å². The molecule has 1 N–H and O–H groups in total. The van der Waals surface area contributed by atoms with Crippen molar-refractivity contribution in [3.05, 3.63) is 60.3 Å². The minimum atomic E-state index is -4.74. The van der Waals surface area contributed by atoms with Crippen LogP contribution < -0.4 is 13.8 Å². The molecule has 36 heavy (non-hydrogen) atoms. The zero-order valence-electron chi connectivity index (χ0n) is 18.8. The first-order valence-electron chi connectivity index (χ1n) is 10.6. The number of carboxylic acid groups (broad SMARTS) is 1. The van der Waals surface area contributed by atoms with Gasteiger partial charge in [-0.15, -0.1) is 0 Å². The van der Waals surface area contributed by atoms with Crippen LogP contribution in [-0.2, 0) is 21.0 Å². The SMILES string of the molecule is COc1ccnc(-c2ccc3c(c2)N(S(=O)(=O)c2cccc(C(F)(F)F)c2)C[C@H](CCC(=O)O)O3)n1. The van der Waals surface area contributed by atoms with Gasteiger partial charge in [-0.05, 0) is 42.8 Å². The quantitative estimate of drug-likeness (QED) is 0.494. The number of methoxy groups -OCH3 is 1. The number of fused-ring (bicyclic) bond motifs is 1. The van der Waals surface area contributed by atoms with E-state index in [0.717, 1.165) is 22.5 Å². The summed E-state index contributed by atoms with van der Waals surface area (Å²) >= 11 is 0. The van der Waals surface area contributed by atoms with Crippen LogP contribution in [0.2, 0.25) is 0 Å². The van der Waals surface area contributed by atoms with Crippen molar-refractivity contribution in [2.45, 2.75) is 30.0 Å². The topological polar surface area (TPSA) is 119 Å². The third kappa shape index (κ3) is 5.20. The molecule has 0 spiro atoms. The Morgan fingerprint density at radius 1 is 1.22 bits per heavy atom. The molecule has 4 rings (SSSR count). The van der Waals surface area contributed by atoms with Crippen LogP contribution in [0.25, 0.3) is 11.4 Å². The molecule has 0 bridgehead atoms. The summed E-state index contributed by atoms with van der Waals surface area (Å²) in [6.45, 7) is -0.304. The molecule has 13 heteroatoms. The van der Waals surface area contributed by atoms with Crippen molar-refractivity contribution in [2.75, 3.05) is 18.0 Å². The van der Waals surface area contributed by atoms with Gasteiger partial charge in [0.25, 0.3) is 10.0 Å². The second-order valence-electron chi connectivity index (χ2n) is 7.84. The van der Waals surface area contributed by atoms with Gasteiger partial charge in [-0.2, -0.15) is 18.2 Å². The lowest BCUT2D eigenvalue weighted by atomic mass is 10.1. The number of alkyl halides is 3. The van der Waals surface area contributed by atoms with Crippen molar-refractivity contribution in [3.63, 3.8) is 0 Å². The summed E-state index contributed by atoms with van der Waals surface area (Å²) in [6.07, 6.45) is -4.42. The molecule has 3 aromatic rings. The van der Waals surface area contributed by atoms with E-state index >= 15 is 0 Å². The molecular formula is C23H20F3N3O6S. The van der Waals surface area contributed by atoms with Gasteiger partial charge in [0.15, 0.2) is 5.82 Å². The molecule has 0 fully saturated rings. The molecule has 1 aliphatic rings. The van der Waals surface area contributed by atoms with Crippen molar-refractivity contribution in [1.29, 1.82) is 0 Å². The molecule has 0 radical (unpaired) electrons. The van der Waals surface area contributed by atoms with Gasteiger partial charge >= 0.3 is 12.1 Å². The van der Waals surface area contributed by atoms with Gasteiger partial charge < -0.3 is 14.6 Å². The number of hydrogen-bond donors (Lipinski definition) is 1. The fourth-order valence-electron chi connectivity index (χ4n) is 3.67. The molecule has 0 saturated carbocycles. The first kappa shape index (κ1) is 25.2. The Morgan fingerprint density at radius 3 is 2.69 bits per heavy atom. The normalized spacial score (nSPS) is 15.7. The number of hydrogen-bond acceptors (Lipinski definition) is 7. The minimum absolute atomic E-state index is 0.00979. The Bertz CT molecular complexity index is 1400. The molecule has 9 nitrogen and oxygen atoms in total. The Kier molecular flexibility index (Phi) is 6.76. The second kappa shape index (κ2) is 9.64.